The quantitative estimate of drug-likeness (QED) is 0.347. The molecule has 0 aromatic heterocycles. The highest BCUT2D eigenvalue weighted by molar-refractivity contribution is 5.88. The van der Waals surface area contributed by atoms with Crippen molar-refractivity contribution < 1.29 is 19.2 Å². The third kappa shape index (κ3) is 3.31. The molecule has 0 aliphatic heterocycles. The monoisotopic (exact) mass is 251 g/mol. The third-order valence-corrected chi connectivity index (χ3v) is 2.12. The molecule has 1 rings (SSSR count). The van der Waals surface area contributed by atoms with Gasteiger partial charge in [0.25, 0.3) is 0 Å². The van der Waals surface area contributed by atoms with Crippen molar-refractivity contribution in [2.75, 3.05) is 13.7 Å². The molecule has 0 heterocycles. The van der Waals surface area contributed by atoms with Crippen LogP contribution >= 0.6 is 0 Å². The zero-order chi connectivity index (χ0) is 13.5. The van der Waals surface area contributed by atoms with Crippen LogP contribution in [-0.4, -0.2) is 24.6 Å². The number of rotatable bonds is 5. The highest BCUT2D eigenvalue weighted by atomic mass is 16.6. The van der Waals surface area contributed by atoms with Gasteiger partial charge in [-0.2, -0.15) is 0 Å². The Morgan fingerprint density at radius 1 is 1.50 bits per heavy atom. The van der Waals surface area contributed by atoms with E-state index in [1.807, 2.05) is 0 Å². The van der Waals surface area contributed by atoms with Crippen molar-refractivity contribution in [1.29, 1.82) is 0 Å². The predicted octanol–water partition coefficient (Wildman–Crippen LogP) is 2.18. The minimum atomic E-state index is -0.552. The number of para-hydroxylation sites is 1. The van der Waals surface area contributed by atoms with E-state index >= 15 is 0 Å². The van der Waals surface area contributed by atoms with E-state index in [1.54, 1.807) is 13.0 Å². The summed E-state index contributed by atoms with van der Waals surface area (Å²) in [5, 5.41) is 10.9. The van der Waals surface area contributed by atoms with Crippen LogP contribution in [-0.2, 0) is 9.53 Å². The van der Waals surface area contributed by atoms with E-state index in [4.69, 9.17) is 9.47 Å². The Morgan fingerprint density at radius 3 is 2.78 bits per heavy atom. The molecule has 96 valence electrons. The van der Waals surface area contributed by atoms with E-state index in [1.165, 1.54) is 25.3 Å². The smallest absolute Gasteiger partial charge is 0.330 e. The van der Waals surface area contributed by atoms with Crippen LogP contribution in [0, 0.1) is 10.1 Å². The minimum Gasteiger partial charge on any atom is -0.490 e. The molecular weight excluding hydrogens is 238 g/mol. The second-order valence-electron chi connectivity index (χ2n) is 3.24. The van der Waals surface area contributed by atoms with E-state index < -0.39 is 10.9 Å². The Bertz CT molecular complexity index is 481. The van der Waals surface area contributed by atoms with E-state index in [9.17, 15) is 14.9 Å². The number of hydrogen-bond acceptors (Lipinski definition) is 5. The first-order valence-corrected chi connectivity index (χ1v) is 5.26. The lowest BCUT2D eigenvalue weighted by Crippen LogP contribution is -1.99. The van der Waals surface area contributed by atoms with Gasteiger partial charge >= 0.3 is 11.7 Å². The number of ether oxygens (including phenoxy) is 2. The van der Waals surface area contributed by atoms with Crippen LogP contribution in [0.15, 0.2) is 24.3 Å². The summed E-state index contributed by atoms with van der Waals surface area (Å²) in [6, 6.07) is 4.62. The van der Waals surface area contributed by atoms with E-state index in [0.29, 0.717) is 0 Å². The molecule has 6 nitrogen and oxygen atoms in total. The summed E-state index contributed by atoms with van der Waals surface area (Å²) in [5.74, 6) is -0.402. The van der Waals surface area contributed by atoms with Gasteiger partial charge in [0.2, 0.25) is 0 Å². The first kappa shape index (κ1) is 13.7. The molecule has 1 aromatic rings. The molecule has 0 atom stereocenters. The average molecular weight is 251 g/mol. The zero-order valence-electron chi connectivity index (χ0n) is 10.1. The Hall–Kier alpha value is -2.37. The van der Waals surface area contributed by atoms with Gasteiger partial charge in [0, 0.05) is 6.08 Å². The van der Waals surface area contributed by atoms with Gasteiger partial charge in [-0.15, -0.1) is 0 Å². The number of hydrogen-bond donors (Lipinski definition) is 0. The molecule has 0 N–H and O–H groups in total. The number of nitro benzene ring substituents is 1. The molecule has 0 saturated heterocycles. The molecule has 0 bridgehead atoms. The summed E-state index contributed by atoms with van der Waals surface area (Å²) in [4.78, 5) is 21.5. The summed E-state index contributed by atoms with van der Waals surface area (Å²) >= 11 is 0. The second kappa shape index (κ2) is 6.39. The highest BCUT2D eigenvalue weighted by Gasteiger charge is 2.18. The van der Waals surface area contributed by atoms with Crippen LogP contribution in [0.1, 0.15) is 12.5 Å². The summed E-state index contributed by atoms with van der Waals surface area (Å²) in [6.07, 6.45) is 2.48. The highest BCUT2D eigenvalue weighted by Crippen LogP contribution is 2.31. The van der Waals surface area contributed by atoms with Gasteiger partial charge in [0.15, 0.2) is 5.75 Å². The minimum absolute atomic E-state index is 0.144. The average Bonchev–Trinajstić information content (AvgIpc) is 2.35. The van der Waals surface area contributed by atoms with Gasteiger partial charge in [-0.05, 0) is 25.1 Å². The molecule has 1 aromatic carbocycles. The lowest BCUT2D eigenvalue weighted by Gasteiger charge is -2.03. The number of methoxy groups -OCH3 is 1. The Balaban J connectivity index is 3.09. The molecule has 0 saturated carbocycles. The third-order valence-electron chi connectivity index (χ3n) is 2.12. The topological polar surface area (TPSA) is 78.7 Å². The van der Waals surface area contributed by atoms with Crippen molar-refractivity contribution in [3.63, 3.8) is 0 Å². The van der Waals surface area contributed by atoms with E-state index in [-0.39, 0.29) is 23.6 Å². The lowest BCUT2D eigenvalue weighted by atomic mass is 10.1. The molecule has 0 aliphatic carbocycles. The van der Waals surface area contributed by atoms with E-state index in [2.05, 4.69) is 0 Å². The largest absolute Gasteiger partial charge is 0.490 e. The van der Waals surface area contributed by atoms with Gasteiger partial charge in [0.05, 0.1) is 24.2 Å². The maximum atomic E-state index is 11.1. The van der Waals surface area contributed by atoms with Crippen LogP contribution in [0.4, 0.5) is 5.69 Å². The summed E-state index contributed by atoms with van der Waals surface area (Å²) < 4.78 is 9.60. The molecule has 0 amide bonds. The number of nitrogens with zero attached hydrogens (tertiary/aromatic N) is 1. The van der Waals surface area contributed by atoms with Crippen LogP contribution in [0.25, 0.3) is 6.08 Å². The van der Waals surface area contributed by atoms with Gasteiger partial charge in [-0.25, -0.2) is 4.79 Å². The number of carbonyl (C=O) groups excluding carboxylic acids is 1. The number of esters is 1. The molecular formula is C12H13NO5. The molecule has 6 heteroatoms. The fourth-order valence-corrected chi connectivity index (χ4v) is 1.38. The van der Waals surface area contributed by atoms with Crippen LogP contribution < -0.4 is 4.74 Å². The van der Waals surface area contributed by atoms with Gasteiger partial charge in [-0.1, -0.05) is 6.07 Å². The fraction of sp³-hybridized carbons (Fsp3) is 0.250. The molecule has 18 heavy (non-hydrogen) atoms. The molecule has 0 spiro atoms. The maximum Gasteiger partial charge on any atom is 0.330 e. The fourth-order valence-electron chi connectivity index (χ4n) is 1.38. The van der Waals surface area contributed by atoms with Crippen molar-refractivity contribution in [2.45, 2.75) is 6.92 Å². The molecule has 0 aliphatic rings. The summed E-state index contributed by atoms with van der Waals surface area (Å²) in [6.45, 7) is 1.93. The molecule has 0 unspecified atom stereocenters. The van der Waals surface area contributed by atoms with Crippen molar-refractivity contribution in [1.82, 2.24) is 0 Å². The standard InChI is InChI=1S/C12H13NO5/c1-3-18-11(14)8-7-9-5-4-6-10(17-2)12(9)13(15)16/h4-8H,3H2,1-2H3. The van der Waals surface area contributed by atoms with Gasteiger partial charge in [0.1, 0.15) is 0 Å². The predicted molar refractivity (Wildman–Crippen MR) is 65.3 cm³/mol. The Kier molecular flexibility index (Phi) is 4.86. The second-order valence-corrected chi connectivity index (χ2v) is 3.24. The summed E-state index contributed by atoms with van der Waals surface area (Å²) in [7, 11) is 1.35. The first-order chi connectivity index (χ1) is 8.60. The van der Waals surface area contributed by atoms with Crippen molar-refractivity contribution >= 4 is 17.7 Å². The maximum absolute atomic E-state index is 11.1. The molecule has 0 radical (unpaired) electrons. The van der Waals surface area contributed by atoms with Gasteiger partial charge in [-0.3, -0.25) is 10.1 Å². The normalized spacial score (nSPS) is 10.3. The lowest BCUT2D eigenvalue weighted by molar-refractivity contribution is -0.386. The Labute approximate surface area is 104 Å². The van der Waals surface area contributed by atoms with Crippen LogP contribution in [0.5, 0.6) is 5.75 Å². The van der Waals surface area contributed by atoms with Crippen molar-refractivity contribution in [2.24, 2.45) is 0 Å². The number of benzene rings is 1. The first-order valence-electron chi connectivity index (χ1n) is 5.26. The van der Waals surface area contributed by atoms with Crippen LogP contribution in [0.3, 0.4) is 0 Å². The SMILES string of the molecule is CCOC(=O)C=Cc1cccc(OC)c1[N+](=O)[O-]. The summed E-state index contributed by atoms with van der Waals surface area (Å²) in [5.41, 5.74) is 0.105. The van der Waals surface area contributed by atoms with Gasteiger partial charge < -0.3 is 9.47 Å². The van der Waals surface area contributed by atoms with E-state index in [0.717, 1.165) is 6.08 Å². The van der Waals surface area contributed by atoms with Crippen molar-refractivity contribution in [3.05, 3.63) is 40.0 Å². The molecule has 0 fully saturated rings. The Morgan fingerprint density at radius 2 is 2.22 bits per heavy atom. The number of carbonyl (C=O) groups is 1. The van der Waals surface area contributed by atoms with Crippen LogP contribution in [0.2, 0.25) is 0 Å². The zero-order valence-corrected chi connectivity index (χ0v) is 10.1. The van der Waals surface area contributed by atoms with Crippen molar-refractivity contribution in [3.8, 4) is 5.75 Å². The number of nitro groups is 1.